The van der Waals surface area contributed by atoms with Gasteiger partial charge in [-0.25, -0.2) is 0 Å². The molecule has 0 aliphatic carbocycles. The van der Waals surface area contributed by atoms with Gasteiger partial charge < -0.3 is 14.6 Å². The van der Waals surface area contributed by atoms with Crippen LogP contribution in [0.3, 0.4) is 0 Å². The first kappa shape index (κ1) is 9.86. The molecule has 3 nitrogen and oxygen atoms in total. The second kappa shape index (κ2) is 4.72. The van der Waals surface area contributed by atoms with Crippen LogP contribution in [0, 0.1) is 0 Å². The first-order valence-electron chi connectivity index (χ1n) is 4.24. The fraction of sp³-hybridized carbons (Fsp3) is 0.400. The molecule has 1 N–H and O–H groups in total. The van der Waals surface area contributed by atoms with E-state index in [9.17, 15) is 0 Å². The topological polar surface area (TPSA) is 38.7 Å². The molecule has 1 rings (SSSR count). The Balaban J connectivity index is 2.58. The summed E-state index contributed by atoms with van der Waals surface area (Å²) in [7, 11) is 1.61. The van der Waals surface area contributed by atoms with Gasteiger partial charge in [0, 0.05) is 13.5 Å². The molecule has 0 aliphatic rings. The number of aromatic hydroxyl groups is 1. The van der Waals surface area contributed by atoms with Gasteiger partial charge in [0.25, 0.3) is 0 Å². The minimum atomic E-state index is -0.218. The number of benzene rings is 1. The summed E-state index contributed by atoms with van der Waals surface area (Å²) < 4.78 is 10.5. The molecule has 1 unspecified atom stereocenters. The van der Waals surface area contributed by atoms with Crippen molar-refractivity contribution in [1.29, 1.82) is 0 Å². The van der Waals surface area contributed by atoms with E-state index in [1.807, 2.05) is 6.92 Å². The standard InChI is InChI=1S/C10H14O3/c1-3-10(12-2)13-9-6-4-8(11)5-7-9/h4-7,10-11H,3H2,1-2H3. The highest BCUT2D eigenvalue weighted by Gasteiger charge is 2.04. The summed E-state index contributed by atoms with van der Waals surface area (Å²) in [5, 5.41) is 9.02. The molecule has 0 amide bonds. The van der Waals surface area contributed by atoms with Crippen LogP contribution in [0.2, 0.25) is 0 Å². The number of rotatable bonds is 4. The van der Waals surface area contributed by atoms with Gasteiger partial charge in [-0.05, 0) is 24.3 Å². The Hall–Kier alpha value is -1.22. The highest BCUT2D eigenvalue weighted by atomic mass is 16.7. The Morgan fingerprint density at radius 3 is 2.38 bits per heavy atom. The summed E-state index contributed by atoms with van der Waals surface area (Å²) in [6.45, 7) is 1.98. The molecule has 0 radical (unpaired) electrons. The number of phenols is 1. The van der Waals surface area contributed by atoms with Gasteiger partial charge in [-0.1, -0.05) is 6.92 Å². The fourth-order valence-corrected chi connectivity index (χ4v) is 0.975. The third-order valence-electron chi connectivity index (χ3n) is 1.70. The molecule has 0 aromatic heterocycles. The maximum atomic E-state index is 9.02. The Bertz CT molecular complexity index is 239. The summed E-state index contributed by atoms with van der Waals surface area (Å²) in [6, 6.07) is 6.57. The van der Waals surface area contributed by atoms with Gasteiger partial charge in [-0.3, -0.25) is 0 Å². The van der Waals surface area contributed by atoms with Crippen LogP contribution in [0.4, 0.5) is 0 Å². The summed E-state index contributed by atoms with van der Waals surface area (Å²) in [5.74, 6) is 0.935. The van der Waals surface area contributed by atoms with Gasteiger partial charge in [-0.2, -0.15) is 0 Å². The predicted molar refractivity (Wildman–Crippen MR) is 49.8 cm³/mol. The molecule has 0 bridgehead atoms. The van der Waals surface area contributed by atoms with E-state index in [1.54, 1.807) is 31.4 Å². The lowest BCUT2D eigenvalue weighted by atomic mass is 10.3. The van der Waals surface area contributed by atoms with Gasteiger partial charge in [0.1, 0.15) is 11.5 Å². The minimum absolute atomic E-state index is 0.218. The molecule has 1 aromatic carbocycles. The van der Waals surface area contributed by atoms with Crippen molar-refractivity contribution in [1.82, 2.24) is 0 Å². The lowest BCUT2D eigenvalue weighted by molar-refractivity contribution is -0.0548. The van der Waals surface area contributed by atoms with Crippen LogP contribution in [0.5, 0.6) is 11.5 Å². The molecule has 72 valence electrons. The highest BCUT2D eigenvalue weighted by molar-refractivity contribution is 5.30. The molecule has 0 spiro atoms. The molecule has 0 saturated heterocycles. The van der Waals surface area contributed by atoms with E-state index in [1.165, 1.54) is 0 Å². The maximum absolute atomic E-state index is 9.02. The average Bonchev–Trinajstić information content (AvgIpc) is 2.17. The number of hydrogen-bond acceptors (Lipinski definition) is 3. The summed E-state index contributed by atoms with van der Waals surface area (Å²) in [6.07, 6.45) is 0.571. The van der Waals surface area contributed by atoms with E-state index < -0.39 is 0 Å². The van der Waals surface area contributed by atoms with Crippen molar-refractivity contribution in [2.45, 2.75) is 19.6 Å². The summed E-state index contributed by atoms with van der Waals surface area (Å²) in [4.78, 5) is 0. The van der Waals surface area contributed by atoms with Crippen LogP contribution >= 0.6 is 0 Å². The average molecular weight is 182 g/mol. The largest absolute Gasteiger partial charge is 0.508 e. The minimum Gasteiger partial charge on any atom is -0.508 e. The van der Waals surface area contributed by atoms with Crippen molar-refractivity contribution >= 4 is 0 Å². The SMILES string of the molecule is CCC(OC)Oc1ccc(O)cc1. The van der Waals surface area contributed by atoms with E-state index in [4.69, 9.17) is 14.6 Å². The normalized spacial score (nSPS) is 12.5. The summed E-state index contributed by atoms with van der Waals surface area (Å²) in [5.41, 5.74) is 0. The molecular formula is C10H14O3. The van der Waals surface area contributed by atoms with Crippen LogP contribution < -0.4 is 4.74 Å². The Labute approximate surface area is 77.9 Å². The Morgan fingerprint density at radius 2 is 1.92 bits per heavy atom. The van der Waals surface area contributed by atoms with Gasteiger partial charge in [0.2, 0.25) is 0 Å². The molecular weight excluding hydrogens is 168 g/mol. The Morgan fingerprint density at radius 1 is 1.31 bits per heavy atom. The highest BCUT2D eigenvalue weighted by Crippen LogP contribution is 2.17. The zero-order chi connectivity index (χ0) is 9.68. The number of phenolic OH excluding ortho intramolecular Hbond substituents is 1. The third-order valence-corrected chi connectivity index (χ3v) is 1.70. The first-order chi connectivity index (χ1) is 6.26. The van der Waals surface area contributed by atoms with E-state index >= 15 is 0 Å². The van der Waals surface area contributed by atoms with Gasteiger partial charge in [0.05, 0.1) is 0 Å². The zero-order valence-corrected chi connectivity index (χ0v) is 7.86. The first-order valence-corrected chi connectivity index (χ1v) is 4.24. The fourth-order valence-electron chi connectivity index (χ4n) is 0.975. The van der Waals surface area contributed by atoms with Crippen LogP contribution in [-0.4, -0.2) is 18.5 Å². The lowest BCUT2D eigenvalue weighted by Crippen LogP contribution is -2.17. The zero-order valence-electron chi connectivity index (χ0n) is 7.86. The third kappa shape index (κ3) is 2.95. The second-order valence-corrected chi connectivity index (χ2v) is 2.69. The molecule has 0 heterocycles. The molecule has 3 heteroatoms. The Kier molecular flexibility index (Phi) is 3.58. The maximum Gasteiger partial charge on any atom is 0.199 e. The van der Waals surface area contributed by atoms with Crippen molar-refractivity contribution < 1.29 is 14.6 Å². The van der Waals surface area contributed by atoms with Gasteiger partial charge in [0.15, 0.2) is 6.29 Å². The van der Waals surface area contributed by atoms with Crippen molar-refractivity contribution in [2.24, 2.45) is 0 Å². The van der Waals surface area contributed by atoms with Crippen molar-refractivity contribution in [3.05, 3.63) is 24.3 Å². The van der Waals surface area contributed by atoms with Crippen molar-refractivity contribution in [3.63, 3.8) is 0 Å². The molecule has 0 fully saturated rings. The monoisotopic (exact) mass is 182 g/mol. The molecule has 1 atom stereocenters. The van der Waals surface area contributed by atoms with E-state index in [0.29, 0.717) is 5.75 Å². The quantitative estimate of drug-likeness (QED) is 0.725. The number of ether oxygens (including phenoxy) is 2. The molecule has 0 aliphatic heterocycles. The predicted octanol–water partition coefficient (Wildman–Crippen LogP) is 2.15. The smallest absolute Gasteiger partial charge is 0.199 e. The van der Waals surface area contributed by atoms with Gasteiger partial charge >= 0.3 is 0 Å². The number of hydrogen-bond donors (Lipinski definition) is 1. The van der Waals surface area contributed by atoms with Crippen LogP contribution in [0.25, 0.3) is 0 Å². The second-order valence-electron chi connectivity index (χ2n) is 2.69. The molecule has 0 saturated carbocycles. The van der Waals surface area contributed by atoms with Crippen molar-refractivity contribution in [3.8, 4) is 11.5 Å². The van der Waals surface area contributed by atoms with Crippen LogP contribution in [0.15, 0.2) is 24.3 Å². The van der Waals surface area contributed by atoms with Gasteiger partial charge in [-0.15, -0.1) is 0 Å². The van der Waals surface area contributed by atoms with Crippen molar-refractivity contribution in [2.75, 3.05) is 7.11 Å². The lowest BCUT2D eigenvalue weighted by Gasteiger charge is -2.15. The number of methoxy groups -OCH3 is 1. The molecule has 1 aromatic rings. The van der Waals surface area contributed by atoms with E-state index in [0.717, 1.165) is 6.42 Å². The van der Waals surface area contributed by atoms with E-state index in [-0.39, 0.29) is 12.0 Å². The van der Waals surface area contributed by atoms with Crippen LogP contribution in [0.1, 0.15) is 13.3 Å². The summed E-state index contributed by atoms with van der Waals surface area (Å²) >= 11 is 0. The molecule has 13 heavy (non-hydrogen) atoms. The van der Waals surface area contributed by atoms with E-state index in [2.05, 4.69) is 0 Å². The van der Waals surface area contributed by atoms with Crippen LogP contribution in [-0.2, 0) is 4.74 Å².